The van der Waals surface area contributed by atoms with Gasteiger partial charge >= 0.3 is 0 Å². The molecule has 0 spiro atoms. The normalized spacial score (nSPS) is 15.8. The second-order valence-corrected chi connectivity index (χ2v) is 8.36. The van der Waals surface area contributed by atoms with Gasteiger partial charge in [0.1, 0.15) is 0 Å². The van der Waals surface area contributed by atoms with Crippen LogP contribution in [0, 0.1) is 0 Å². The minimum absolute atomic E-state index is 0.00360. The van der Waals surface area contributed by atoms with Crippen LogP contribution in [0.1, 0.15) is 10.4 Å². The van der Waals surface area contributed by atoms with Gasteiger partial charge in [0.15, 0.2) is 9.84 Å². The summed E-state index contributed by atoms with van der Waals surface area (Å²) in [6, 6.07) is 6.34. The van der Waals surface area contributed by atoms with E-state index in [1.54, 1.807) is 23.1 Å². The Bertz CT molecular complexity index is 937. The third-order valence-corrected chi connectivity index (χ3v) is 5.51. The van der Waals surface area contributed by atoms with Crippen molar-refractivity contribution >= 4 is 21.7 Å². The largest absolute Gasteiger partial charge is 0.368 e. The summed E-state index contributed by atoms with van der Waals surface area (Å²) in [4.78, 5) is 24.6. The number of piperazine rings is 1. The number of hydrogen-bond donors (Lipinski definition) is 1. The van der Waals surface area contributed by atoms with Crippen LogP contribution in [0.25, 0.3) is 11.3 Å². The average molecular weight is 375 g/mol. The molecule has 2 N–H and O–H groups in total. The van der Waals surface area contributed by atoms with Crippen molar-refractivity contribution < 1.29 is 13.2 Å². The molecular weight excluding hydrogens is 354 g/mol. The predicted octanol–water partition coefficient (Wildman–Crippen LogP) is 0.517. The van der Waals surface area contributed by atoms with Crippen LogP contribution >= 0.6 is 0 Å². The Labute approximate surface area is 152 Å². The van der Waals surface area contributed by atoms with Gasteiger partial charge in [-0.3, -0.25) is 4.79 Å². The zero-order valence-electron chi connectivity index (χ0n) is 14.7. The minimum atomic E-state index is -3.60. The number of hydrogen-bond acceptors (Lipinski definition) is 7. The molecule has 0 bridgehead atoms. The van der Waals surface area contributed by atoms with Crippen molar-refractivity contribution in [1.29, 1.82) is 0 Å². The summed E-state index contributed by atoms with van der Waals surface area (Å²) in [5.74, 6) is -0.173. The second kappa shape index (κ2) is 7.00. The molecular formula is C17H21N5O3S. The first-order chi connectivity index (χ1) is 12.3. The number of carbonyl (C=O) groups excluding carboxylic acids is 1. The fraction of sp³-hybridized carbons (Fsp3) is 0.353. The van der Waals surface area contributed by atoms with Crippen LogP contribution in [0.15, 0.2) is 35.4 Å². The molecule has 26 heavy (non-hydrogen) atoms. The number of anilines is 1. The fourth-order valence-corrected chi connectivity index (χ4v) is 3.78. The summed E-state index contributed by atoms with van der Waals surface area (Å²) in [5, 5.41) is 0. The molecule has 1 aromatic carbocycles. The van der Waals surface area contributed by atoms with Crippen LogP contribution in [0.3, 0.4) is 0 Å². The van der Waals surface area contributed by atoms with Gasteiger partial charge in [-0.15, -0.1) is 0 Å². The number of carbonyl (C=O) groups is 1. The molecule has 0 atom stereocenters. The summed E-state index contributed by atoms with van der Waals surface area (Å²) in [5.41, 5.74) is 6.85. The van der Waals surface area contributed by atoms with E-state index >= 15 is 0 Å². The molecule has 3 rings (SSSR count). The Morgan fingerprint density at radius 1 is 1.15 bits per heavy atom. The second-order valence-electron chi connectivity index (χ2n) is 6.38. The molecule has 1 aliphatic rings. The van der Waals surface area contributed by atoms with E-state index in [1.807, 2.05) is 7.05 Å². The monoisotopic (exact) mass is 375 g/mol. The van der Waals surface area contributed by atoms with Gasteiger partial charge in [-0.1, -0.05) is 6.07 Å². The van der Waals surface area contributed by atoms with Crippen molar-refractivity contribution in [1.82, 2.24) is 19.8 Å². The summed E-state index contributed by atoms with van der Waals surface area (Å²) in [6.07, 6.45) is 2.60. The molecule has 1 saturated heterocycles. The van der Waals surface area contributed by atoms with Gasteiger partial charge in [0.2, 0.25) is 5.95 Å². The van der Waals surface area contributed by atoms with Crippen molar-refractivity contribution in [2.45, 2.75) is 4.90 Å². The number of benzene rings is 1. The van der Waals surface area contributed by atoms with E-state index in [2.05, 4.69) is 14.9 Å². The van der Waals surface area contributed by atoms with E-state index in [-0.39, 0.29) is 22.3 Å². The Morgan fingerprint density at radius 3 is 2.46 bits per heavy atom. The van der Waals surface area contributed by atoms with Crippen LogP contribution in [0.4, 0.5) is 5.95 Å². The number of nitrogen functional groups attached to an aromatic ring is 1. The van der Waals surface area contributed by atoms with Crippen molar-refractivity contribution in [3.63, 3.8) is 0 Å². The van der Waals surface area contributed by atoms with E-state index in [0.29, 0.717) is 24.3 Å². The van der Waals surface area contributed by atoms with E-state index in [1.165, 1.54) is 12.3 Å². The first kappa shape index (κ1) is 18.3. The molecule has 1 fully saturated rings. The van der Waals surface area contributed by atoms with Crippen LogP contribution in [0.2, 0.25) is 0 Å². The lowest BCUT2D eigenvalue weighted by molar-refractivity contribution is 0.0660. The highest BCUT2D eigenvalue weighted by Crippen LogP contribution is 2.26. The number of nitrogens with zero attached hydrogens (tertiary/aromatic N) is 4. The quantitative estimate of drug-likeness (QED) is 0.833. The van der Waals surface area contributed by atoms with E-state index in [0.717, 1.165) is 19.3 Å². The average Bonchev–Trinajstić information content (AvgIpc) is 2.60. The van der Waals surface area contributed by atoms with Gasteiger partial charge in [-0.25, -0.2) is 18.4 Å². The molecule has 2 aromatic rings. The van der Waals surface area contributed by atoms with Gasteiger partial charge in [-0.2, -0.15) is 0 Å². The number of sulfone groups is 1. The molecule has 1 amide bonds. The van der Waals surface area contributed by atoms with Gasteiger partial charge in [0.25, 0.3) is 5.91 Å². The highest BCUT2D eigenvalue weighted by atomic mass is 32.2. The van der Waals surface area contributed by atoms with Gasteiger partial charge < -0.3 is 15.5 Å². The minimum Gasteiger partial charge on any atom is -0.368 e. The first-order valence-electron chi connectivity index (χ1n) is 8.16. The maximum atomic E-state index is 12.9. The Balaban J connectivity index is 2.02. The van der Waals surface area contributed by atoms with Crippen molar-refractivity contribution in [3.8, 4) is 11.3 Å². The molecule has 0 unspecified atom stereocenters. The molecule has 2 heterocycles. The fourth-order valence-electron chi connectivity index (χ4n) is 2.88. The predicted molar refractivity (Wildman–Crippen MR) is 98.4 cm³/mol. The van der Waals surface area contributed by atoms with Gasteiger partial charge in [-0.05, 0) is 25.2 Å². The molecule has 138 valence electrons. The lowest BCUT2D eigenvalue weighted by Gasteiger charge is -2.32. The topological polar surface area (TPSA) is 109 Å². The number of rotatable bonds is 3. The van der Waals surface area contributed by atoms with E-state index < -0.39 is 9.84 Å². The third kappa shape index (κ3) is 3.83. The Kier molecular flexibility index (Phi) is 4.92. The maximum Gasteiger partial charge on any atom is 0.255 e. The SMILES string of the molecule is CN1CCN(C(=O)c2ccc(-c3ccnc(N)n3)cc2S(C)(=O)=O)CC1. The number of amides is 1. The number of nitrogens with two attached hydrogens (primary N) is 1. The highest BCUT2D eigenvalue weighted by molar-refractivity contribution is 7.90. The lowest BCUT2D eigenvalue weighted by atomic mass is 10.1. The van der Waals surface area contributed by atoms with Gasteiger partial charge in [0.05, 0.1) is 16.2 Å². The van der Waals surface area contributed by atoms with Crippen molar-refractivity contribution in [2.24, 2.45) is 0 Å². The molecule has 8 nitrogen and oxygen atoms in total. The smallest absolute Gasteiger partial charge is 0.255 e. The Morgan fingerprint density at radius 2 is 1.85 bits per heavy atom. The van der Waals surface area contributed by atoms with Crippen LogP contribution in [0.5, 0.6) is 0 Å². The van der Waals surface area contributed by atoms with Crippen molar-refractivity contribution in [2.75, 3.05) is 45.2 Å². The molecule has 9 heteroatoms. The van der Waals surface area contributed by atoms with Crippen LogP contribution < -0.4 is 5.73 Å². The summed E-state index contributed by atoms with van der Waals surface area (Å²) in [6.45, 7) is 2.67. The number of aromatic nitrogens is 2. The highest BCUT2D eigenvalue weighted by Gasteiger charge is 2.26. The molecule has 0 radical (unpaired) electrons. The molecule has 0 aliphatic carbocycles. The summed E-state index contributed by atoms with van der Waals surface area (Å²) in [7, 11) is -1.61. The zero-order valence-corrected chi connectivity index (χ0v) is 15.5. The van der Waals surface area contributed by atoms with Crippen molar-refractivity contribution in [3.05, 3.63) is 36.0 Å². The van der Waals surface area contributed by atoms with Crippen LogP contribution in [-0.4, -0.2) is 73.6 Å². The Hall–Kier alpha value is -2.52. The molecule has 1 aromatic heterocycles. The van der Waals surface area contributed by atoms with E-state index in [9.17, 15) is 13.2 Å². The van der Waals surface area contributed by atoms with Gasteiger partial charge in [0, 0.05) is 44.2 Å². The van der Waals surface area contributed by atoms with E-state index in [4.69, 9.17) is 5.73 Å². The maximum absolute atomic E-state index is 12.9. The zero-order chi connectivity index (χ0) is 18.9. The summed E-state index contributed by atoms with van der Waals surface area (Å²) < 4.78 is 24.6. The lowest BCUT2D eigenvalue weighted by Crippen LogP contribution is -2.47. The standard InChI is InChI=1S/C17H21N5O3S/c1-21-7-9-22(10-8-21)16(23)13-4-3-12(11-15(13)26(2,24)25)14-5-6-19-17(18)20-14/h3-6,11H,7-10H2,1-2H3,(H2,18,19,20). The number of likely N-dealkylation sites (N-methyl/N-ethyl adjacent to an activating group) is 1. The third-order valence-electron chi connectivity index (χ3n) is 4.37. The first-order valence-corrected chi connectivity index (χ1v) is 10.1. The summed E-state index contributed by atoms with van der Waals surface area (Å²) >= 11 is 0. The molecule has 1 aliphatic heterocycles. The van der Waals surface area contributed by atoms with Crippen LogP contribution in [-0.2, 0) is 9.84 Å². The molecule has 0 saturated carbocycles.